The number of fused-ring (bicyclic) bond motifs is 6. The van der Waals surface area contributed by atoms with Crippen LogP contribution in [0.1, 0.15) is 51.4 Å². The first-order chi connectivity index (χ1) is 16.0. The molecule has 3 aromatic carbocycles. The largest absolute Gasteiger partial charge is 0.507 e. The van der Waals surface area contributed by atoms with Crippen LogP contribution in [0.15, 0.2) is 42.5 Å². The molecule has 1 aliphatic rings. The molecule has 0 unspecified atom stereocenters. The summed E-state index contributed by atoms with van der Waals surface area (Å²) in [4.78, 5) is 0. The maximum absolute atomic E-state index is 10.8. The molecule has 6 bridgehead atoms. The Bertz CT molecular complexity index is 1140. The van der Waals surface area contributed by atoms with Crippen molar-refractivity contribution < 1.29 is 29.5 Å². The Morgan fingerprint density at radius 2 is 0.970 bits per heavy atom. The number of hydrogen-bond donors (Lipinski definition) is 3. The van der Waals surface area contributed by atoms with Gasteiger partial charge in [0.1, 0.15) is 17.2 Å². The van der Waals surface area contributed by atoms with E-state index in [0.717, 1.165) is 17.5 Å². The van der Waals surface area contributed by atoms with Crippen molar-refractivity contribution in [2.45, 2.75) is 59.9 Å². The van der Waals surface area contributed by atoms with Gasteiger partial charge in [-0.1, -0.05) is 42.8 Å². The highest BCUT2D eigenvalue weighted by Crippen LogP contribution is 2.31. The first-order valence-electron chi connectivity index (χ1n) is 11.1. The predicted molar refractivity (Wildman–Crippen MR) is 124 cm³/mol. The van der Waals surface area contributed by atoms with Gasteiger partial charge in [0.15, 0.2) is 0 Å². The van der Waals surface area contributed by atoms with Gasteiger partial charge in [-0.2, -0.15) is 0 Å². The monoisotopic (exact) mass is 450 g/mol. The first kappa shape index (κ1) is 23.1. The average molecular weight is 451 g/mol. The molecule has 6 nitrogen and oxygen atoms in total. The normalized spacial score (nSPS) is 15.0. The highest BCUT2D eigenvalue weighted by atomic mass is 16.5. The van der Waals surface area contributed by atoms with E-state index in [1.807, 2.05) is 37.3 Å². The molecule has 0 radical (unpaired) electrons. The highest BCUT2D eigenvalue weighted by Gasteiger charge is 2.15. The number of ether oxygens (including phenoxy) is 3. The molecule has 0 saturated carbocycles. The van der Waals surface area contributed by atoms with Crippen molar-refractivity contribution >= 4 is 0 Å². The molecule has 3 aromatic rings. The summed E-state index contributed by atoms with van der Waals surface area (Å²) in [5.74, 6) is 0.419. The van der Waals surface area contributed by atoms with Crippen LogP contribution in [0.5, 0.6) is 17.2 Å². The van der Waals surface area contributed by atoms with Gasteiger partial charge >= 0.3 is 0 Å². The SMILES string of the molecule is CCc1cc2c(O)c(c1)COCc1cc(C)cc(c1O)COCc1cccc(c1O)COC2. The van der Waals surface area contributed by atoms with Crippen LogP contribution in [0, 0.1) is 6.92 Å². The third-order valence-corrected chi connectivity index (χ3v) is 5.90. The van der Waals surface area contributed by atoms with E-state index in [9.17, 15) is 15.3 Å². The second-order valence-electron chi connectivity index (χ2n) is 8.45. The van der Waals surface area contributed by atoms with E-state index in [1.54, 1.807) is 12.1 Å². The van der Waals surface area contributed by atoms with Gasteiger partial charge in [-0.3, -0.25) is 0 Å². The lowest BCUT2D eigenvalue weighted by Crippen LogP contribution is -2.03. The van der Waals surface area contributed by atoms with Crippen molar-refractivity contribution in [3.05, 3.63) is 87.0 Å². The van der Waals surface area contributed by atoms with E-state index in [4.69, 9.17) is 14.2 Å². The first-order valence-corrected chi connectivity index (χ1v) is 11.1. The molecule has 1 heterocycles. The van der Waals surface area contributed by atoms with Crippen LogP contribution in [-0.4, -0.2) is 15.3 Å². The Labute approximate surface area is 194 Å². The molecule has 1 aliphatic heterocycles. The van der Waals surface area contributed by atoms with Crippen molar-refractivity contribution in [3.63, 3.8) is 0 Å². The van der Waals surface area contributed by atoms with Gasteiger partial charge in [0.2, 0.25) is 0 Å². The minimum Gasteiger partial charge on any atom is -0.507 e. The third kappa shape index (κ3) is 5.30. The van der Waals surface area contributed by atoms with Crippen LogP contribution >= 0.6 is 0 Å². The Morgan fingerprint density at radius 3 is 1.39 bits per heavy atom. The fourth-order valence-corrected chi connectivity index (χ4v) is 4.10. The smallest absolute Gasteiger partial charge is 0.126 e. The van der Waals surface area contributed by atoms with Gasteiger partial charge in [-0.25, -0.2) is 0 Å². The summed E-state index contributed by atoms with van der Waals surface area (Å²) in [5.41, 5.74) is 6.02. The molecular formula is C27H30O6. The molecule has 0 atom stereocenters. The molecule has 174 valence electrons. The lowest BCUT2D eigenvalue weighted by Gasteiger charge is -2.16. The summed E-state index contributed by atoms with van der Waals surface area (Å²) in [7, 11) is 0. The zero-order chi connectivity index (χ0) is 23.4. The topological polar surface area (TPSA) is 88.4 Å². The van der Waals surface area contributed by atoms with E-state index in [1.165, 1.54) is 0 Å². The molecule has 4 rings (SSSR count). The van der Waals surface area contributed by atoms with Crippen molar-refractivity contribution in [1.29, 1.82) is 0 Å². The fourth-order valence-electron chi connectivity index (χ4n) is 4.10. The molecule has 0 fully saturated rings. The number of phenols is 3. The molecule has 0 amide bonds. The average Bonchev–Trinajstić information content (AvgIpc) is 2.80. The molecule has 33 heavy (non-hydrogen) atoms. The summed E-state index contributed by atoms with van der Waals surface area (Å²) in [6, 6.07) is 13.1. The second kappa shape index (κ2) is 10.3. The van der Waals surface area contributed by atoms with Gasteiger partial charge in [0, 0.05) is 33.4 Å². The van der Waals surface area contributed by atoms with Crippen molar-refractivity contribution in [3.8, 4) is 17.2 Å². The van der Waals surface area contributed by atoms with Gasteiger partial charge in [0.25, 0.3) is 0 Å². The van der Waals surface area contributed by atoms with Crippen LogP contribution in [0.2, 0.25) is 0 Å². The maximum Gasteiger partial charge on any atom is 0.126 e. The Hall–Kier alpha value is -3.06. The number of phenolic OH excluding ortho intramolecular Hbond substituents is 3. The molecule has 3 N–H and O–H groups in total. The molecule has 0 saturated heterocycles. The quantitative estimate of drug-likeness (QED) is 0.476. The molecule has 0 spiro atoms. The van der Waals surface area contributed by atoms with E-state index >= 15 is 0 Å². The van der Waals surface area contributed by atoms with Crippen LogP contribution in [0.3, 0.4) is 0 Å². The number of rotatable bonds is 1. The number of aryl methyl sites for hydroxylation is 2. The van der Waals surface area contributed by atoms with Crippen molar-refractivity contribution in [2.24, 2.45) is 0 Å². The minimum absolute atomic E-state index is 0.133. The summed E-state index contributed by atoms with van der Waals surface area (Å²) in [5, 5.41) is 32.3. The number of hydrogen-bond acceptors (Lipinski definition) is 6. The molecule has 0 aromatic heterocycles. The van der Waals surface area contributed by atoms with Crippen LogP contribution in [0.4, 0.5) is 0 Å². The highest BCUT2D eigenvalue weighted by molar-refractivity contribution is 5.45. The lowest BCUT2D eigenvalue weighted by molar-refractivity contribution is 0.0930. The standard InChI is InChI=1S/C27H30O6/c1-3-18-9-23-15-32-12-20-6-4-5-19(25(20)28)11-31-13-21-7-17(2)8-22(26(21)29)14-33-16-24(10-18)27(23)30/h4-10,28-30H,3,11-16H2,1-2H3. The Morgan fingerprint density at radius 1 is 0.606 bits per heavy atom. The van der Waals surface area contributed by atoms with E-state index in [0.29, 0.717) is 33.4 Å². The Kier molecular flexibility index (Phi) is 7.18. The van der Waals surface area contributed by atoms with Gasteiger partial charge in [-0.15, -0.1) is 0 Å². The number of aromatic hydroxyl groups is 3. The number of para-hydroxylation sites is 1. The third-order valence-electron chi connectivity index (χ3n) is 5.90. The fraction of sp³-hybridized carbons (Fsp3) is 0.333. The predicted octanol–water partition coefficient (Wildman–Crippen LogP) is 5.14. The van der Waals surface area contributed by atoms with Crippen LogP contribution in [0.25, 0.3) is 0 Å². The summed E-state index contributed by atoms with van der Waals surface area (Å²) >= 11 is 0. The lowest BCUT2D eigenvalue weighted by atomic mass is 10.0. The summed E-state index contributed by atoms with van der Waals surface area (Å²) < 4.78 is 17.5. The van der Waals surface area contributed by atoms with E-state index in [-0.39, 0.29) is 56.9 Å². The maximum atomic E-state index is 10.8. The van der Waals surface area contributed by atoms with Crippen molar-refractivity contribution in [2.75, 3.05) is 0 Å². The van der Waals surface area contributed by atoms with E-state index in [2.05, 4.69) is 6.92 Å². The van der Waals surface area contributed by atoms with Gasteiger partial charge in [0.05, 0.1) is 39.6 Å². The van der Waals surface area contributed by atoms with Crippen molar-refractivity contribution in [1.82, 2.24) is 0 Å². The summed E-state index contributed by atoms with van der Waals surface area (Å²) in [6.07, 6.45) is 0.811. The zero-order valence-corrected chi connectivity index (χ0v) is 19.1. The zero-order valence-electron chi connectivity index (χ0n) is 19.1. The van der Waals surface area contributed by atoms with E-state index < -0.39 is 0 Å². The molecular weight excluding hydrogens is 420 g/mol. The van der Waals surface area contributed by atoms with Gasteiger partial charge in [-0.05, 0) is 31.0 Å². The summed E-state index contributed by atoms with van der Waals surface area (Å²) in [6.45, 7) is 5.21. The second-order valence-corrected chi connectivity index (χ2v) is 8.45. The molecule has 0 aliphatic carbocycles. The Balaban J connectivity index is 1.70. The van der Waals surface area contributed by atoms with Gasteiger partial charge < -0.3 is 29.5 Å². The molecule has 6 heteroatoms. The minimum atomic E-state index is 0.133. The van der Waals surface area contributed by atoms with Crippen LogP contribution in [-0.2, 0) is 60.3 Å². The number of benzene rings is 3. The van der Waals surface area contributed by atoms with Crippen LogP contribution < -0.4 is 0 Å².